The Bertz CT molecular complexity index is 465. The molecule has 0 bridgehead atoms. The van der Waals surface area contributed by atoms with Crippen molar-refractivity contribution in [3.63, 3.8) is 0 Å². The van der Waals surface area contributed by atoms with Crippen LogP contribution in [0.15, 0.2) is 18.2 Å². The largest absolute Gasteiger partial charge is 0.396 e. The Morgan fingerprint density at radius 1 is 1.38 bits per heavy atom. The minimum absolute atomic E-state index is 0. The highest BCUT2D eigenvalue weighted by Gasteiger charge is 2.37. The van der Waals surface area contributed by atoms with Gasteiger partial charge in [0.1, 0.15) is 5.82 Å². The van der Waals surface area contributed by atoms with Crippen molar-refractivity contribution in [1.82, 2.24) is 10.2 Å². The third kappa shape index (κ3) is 4.30. The predicted octanol–water partition coefficient (Wildman–Crippen LogP) is 2.87. The van der Waals surface area contributed by atoms with Crippen molar-refractivity contribution in [2.75, 3.05) is 32.8 Å². The summed E-state index contributed by atoms with van der Waals surface area (Å²) in [4.78, 5) is 2.24. The topological polar surface area (TPSA) is 35.5 Å². The number of halogens is 3. The lowest BCUT2D eigenvalue weighted by molar-refractivity contribution is 0.0286. The number of aliphatic hydroxyl groups is 1. The molecule has 0 spiro atoms. The molecule has 1 aromatic rings. The van der Waals surface area contributed by atoms with E-state index in [2.05, 4.69) is 10.2 Å². The molecule has 2 rings (SSSR count). The number of aliphatic hydroxyl groups excluding tert-OH is 1. The summed E-state index contributed by atoms with van der Waals surface area (Å²) in [6.07, 6.45) is 0. The summed E-state index contributed by atoms with van der Waals surface area (Å²) in [5, 5.41) is 13.4. The summed E-state index contributed by atoms with van der Waals surface area (Å²) in [5.74, 6) is -0.303. The lowest BCUT2D eigenvalue weighted by atomic mass is 9.79. The van der Waals surface area contributed by atoms with E-state index in [1.165, 1.54) is 6.07 Å². The number of rotatable bonds is 4. The van der Waals surface area contributed by atoms with E-state index in [9.17, 15) is 9.50 Å². The summed E-state index contributed by atoms with van der Waals surface area (Å²) < 4.78 is 14.3. The van der Waals surface area contributed by atoms with Crippen LogP contribution in [-0.4, -0.2) is 42.8 Å². The molecule has 21 heavy (non-hydrogen) atoms. The van der Waals surface area contributed by atoms with Crippen LogP contribution in [0.25, 0.3) is 0 Å². The fourth-order valence-corrected chi connectivity index (χ4v) is 3.02. The zero-order chi connectivity index (χ0) is 14.8. The summed E-state index contributed by atoms with van der Waals surface area (Å²) in [6.45, 7) is 7.39. The number of hydrogen-bond donors (Lipinski definition) is 2. The van der Waals surface area contributed by atoms with E-state index in [0.717, 1.165) is 26.2 Å². The zero-order valence-electron chi connectivity index (χ0n) is 12.4. The molecule has 1 aromatic carbocycles. The highest BCUT2D eigenvalue weighted by molar-refractivity contribution is 6.30. The number of piperazine rings is 1. The molecule has 120 valence electrons. The fraction of sp³-hybridized carbons (Fsp3) is 0.600. The van der Waals surface area contributed by atoms with Gasteiger partial charge in [0.15, 0.2) is 0 Å². The summed E-state index contributed by atoms with van der Waals surface area (Å²) in [5.41, 5.74) is 0.182. The maximum absolute atomic E-state index is 14.3. The molecule has 1 atom stereocenters. The maximum atomic E-state index is 14.3. The summed E-state index contributed by atoms with van der Waals surface area (Å²) in [6, 6.07) is 4.64. The Balaban J connectivity index is 0.00000220. The van der Waals surface area contributed by atoms with Gasteiger partial charge in [-0.05, 0) is 12.1 Å². The Morgan fingerprint density at radius 2 is 2.00 bits per heavy atom. The fourth-order valence-electron chi connectivity index (χ4n) is 2.86. The molecule has 0 aromatic heterocycles. The van der Waals surface area contributed by atoms with Crippen molar-refractivity contribution in [3.8, 4) is 0 Å². The molecule has 1 fully saturated rings. The summed E-state index contributed by atoms with van der Waals surface area (Å²) in [7, 11) is 0. The van der Waals surface area contributed by atoms with Crippen molar-refractivity contribution in [2.45, 2.75) is 19.9 Å². The van der Waals surface area contributed by atoms with E-state index in [1.807, 2.05) is 13.8 Å². The predicted molar refractivity (Wildman–Crippen MR) is 86.7 cm³/mol. The molecule has 1 aliphatic rings. The van der Waals surface area contributed by atoms with E-state index >= 15 is 0 Å². The van der Waals surface area contributed by atoms with Gasteiger partial charge >= 0.3 is 0 Å². The number of nitrogens with one attached hydrogen (secondary N) is 1. The van der Waals surface area contributed by atoms with Crippen LogP contribution in [0.2, 0.25) is 5.02 Å². The summed E-state index contributed by atoms with van der Waals surface area (Å²) >= 11 is 5.84. The molecule has 0 radical (unpaired) electrons. The Hall–Kier alpha value is -0.390. The van der Waals surface area contributed by atoms with Crippen molar-refractivity contribution >= 4 is 24.0 Å². The van der Waals surface area contributed by atoms with Gasteiger partial charge in [-0.25, -0.2) is 4.39 Å². The maximum Gasteiger partial charge on any atom is 0.129 e. The van der Waals surface area contributed by atoms with Gasteiger partial charge in [-0.3, -0.25) is 4.90 Å². The van der Waals surface area contributed by atoms with Crippen LogP contribution in [0.4, 0.5) is 4.39 Å². The first-order chi connectivity index (χ1) is 9.45. The second kappa shape index (κ2) is 7.75. The molecule has 6 heteroatoms. The van der Waals surface area contributed by atoms with E-state index in [1.54, 1.807) is 12.1 Å². The second-order valence-corrected chi connectivity index (χ2v) is 6.44. The van der Waals surface area contributed by atoms with Gasteiger partial charge < -0.3 is 10.4 Å². The molecule has 2 N–H and O–H groups in total. The SMILES string of the molecule is CC(C)(CO)[C@@H](c1ccc(Cl)cc1F)N1CCNCC1.Cl. The van der Waals surface area contributed by atoms with Crippen molar-refractivity contribution in [3.05, 3.63) is 34.6 Å². The Labute approximate surface area is 136 Å². The van der Waals surface area contributed by atoms with Crippen molar-refractivity contribution in [2.24, 2.45) is 5.41 Å². The third-order valence-corrected chi connectivity index (χ3v) is 4.16. The lowest BCUT2D eigenvalue weighted by Crippen LogP contribution is -2.49. The molecule has 1 aliphatic heterocycles. The Morgan fingerprint density at radius 3 is 2.52 bits per heavy atom. The third-order valence-electron chi connectivity index (χ3n) is 3.92. The molecule has 0 amide bonds. The molecule has 0 aliphatic carbocycles. The van der Waals surface area contributed by atoms with Gasteiger partial charge in [0.25, 0.3) is 0 Å². The van der Waals surface area contributed by atoms with Gasteiger partial charge in [0.05, 0.1) is 0 Å². The smallest absolute Gasteiger partial charge is 0.129 e. The first-order valence-electron chi connectivity index (χ1n) is 6.96. The first-order valence-corrected chi connectivity index (χ1v) is 7.34. The van der Waals surface area contributed by atoms with Crippen LogP contribution in [-0.2, 0) is 0 Å². The van der Waals surface area contributed by atoms with Crippen LogP contribution in [0.3, 0.4) is 0 Å². The van der Waals surface area contributed by atoms with Gasteiger partial charge in [0, 0.05) is 54.8 Å². The van der Waals surface area contributed by atoms with Crippen LogP contribution in [0.5, 0.6) is 0 Å². The minimum Gasteiger partial charge on any atom is -0.396 e. The normalized spacial score (nSPS) is 18.1. The van der Waals surface area contributed by atoms with Crippen molar-refractivity contribution in [1.29, 1.82) is 0 Å². The van der Waals surface area contributed by atoms with Gasteiger partial charge in [-0.2, -0.15) is 0 Å². The zero-order valence-corrected chi connectivity index (χ0v) is 14.0. The molecule has 1 saturated heterocycles. The quantitative estimate of drug-likeness (QED) is 0.887. The van der Waals surface area contributed by atoms with Gasteiger partial charge in [-0.1, -0.05) is 31.5 Å². The Kier molecular flexibility index (Phi) is 6.88. The van der Waals surface area contributed by atoms with Gasteiger partial charge in [-0.15, -0.1) is 12.4 Å². The number of hydrogen-bond acceptors (Lipinski definition) is 3. The van der Waals surface area contributed by atoms with Gasteiger partial charge in [0.2, 0.25) is 0 Å². The van der Waals surface area contributed by atoms with E-state index in [-0.39, 0.29) is 30.9 Å². The molecular weight excluding hydrogens is 314 g/mol. The van der Waals surface area contributed by atoms with Crippen LogP contribution in [0.1, 0.15) is 25.5 Å². The average Bonchev–Trinajstić information content (AvgIpc) is 2.43. The molecular formula is C15H23Cl2FN2O. The molecule has 1 heterocycles. The minimum atomic E-state index is -0.425. The van der Waals surface area contributed by atoms with Crippen LogP contribution in [0, 0.1) is 11.2 Å². The monoisotopic (exact) mass is 336 g/mol. The number of nitrogens with zero attached hydrogens (tertiary/aromatic N) is 1. The average molecular weight is 337 g/mol. The molecule has 0 saturated carbocycles. The van der Waals surface area contributed by atoms with Crippen molar-refractivity contribution < 1.29 is 9.50 Å². The lowest BCUT2D eigenvalue weighted by Gasteiger charge is -2.43. The van der Waals surface area contributed by atoms with E-state index < -0.39 is 5.41 Å². The number of benzene rings is 1. The molecule has 0 unspecified atom stereocenters. The second-order valence-electron chi connectivity index (χ2n) is 6.00. The van der Waals surface area contributed by atoms with Crippen LogP contribution < -0.4 is 5.32 Å². The highest BCUT2D eigenvalue weighted by Crippen LogP contribution is 2.39. The van der Waals surface area contributed by atoms with E-state index in [0.29, 0.717) is 10.6 Å². The first kappa shape index (κ1) is 18.7. The van der Waals surface area contributed by atoms with E-state index in [4.69, 9.17) is 11.6 Å². The standard InChI is InChI=1S/C15H22ClFN2O.ClH/c1-15(2,10-20)14(19-7-5-18-6-8-19)12-4-3-11(16)9-13(12)17;/h3-4,9,14,18,20H,5-8,10H2,1-2H3;1H/t14-;/m1./s1. The highest BCUT2D eigenvalue weighted by atomic mass is 35.5. The van der Waals surface area contributed by atoms with Crippen LogP contribution >= 0.6 is 24.0 Å². The molecule has 3 nitrogen and oxygen atoms in total.